The van der Waals surface area contributed by atoms with Crippen molar-refractivity contribution in [2.45, 2.75) is 44.7 Å². The highest BCUT2D eigenvalue weighted by Gasteiger charge is 2.63. The summed E-state index contributed by atoms with van der Waals surface area (Å²) in [6.45, 7) is 3.74. The number of carboxylic acids is 1. The van der Waals surface area contributed by atoms with Crippen LogP contribution in [0.3, 0.4) is 0 Å². The van der Waals surface area contributed by atoms with E-state index in [1.54, 1.807) is 23.8 Å². The van der Waals surface area contributed by atoms with Gasteiger partial charge in [-0.1, -0.05) is 6.92 Å². The van der Waals surface area contributed by atoms with Crippen molar-refractivity contribution in [3.63, 3.8) is 0 Å². The highest BCUT2D eigenvalue weighted by molar-refractivity contribution is 5.96. The molecule has 2 bridgehead atoms. The summed E-state index contributed by atoms with van der Waals surface area (Å²) >= 11 is 0. The second-order valence-electron chi connectivity index (χ2n) is 8.65. The van der Waals surface area contributed by atoms with Gasteiger partial charge >= 0.3 is 12.0 Å². The highest BCUT2D eigenvalue weighted by atomic mass is 19.1. The monoisotopic (exact) mass is 423 g/mol. The maximum Gasteiger partial charge on any atom is 0.329 e. The van der Waals surface area contributed by atoms with Crippen LogP contribution in [-0.2, 0) is 4.79 Å². The van der Waals surface area contributed by atoms with Crippen LogP contribution < -0.4 is 5.32 Å². The van der Waals surface area contributed by atoms with Crippen LogP contribution in [-0.4, -0.2) is 48.2 Å². The molecule has 0 aliphatic carbocycles. The topological polar surface area (TPSA) is 99.8 Å². The van der Waals surface area contributed by atoms with Crippen molar-refractivity contribution in [2.24, 2.45) is 5.92 Å². The van der Waals surface area contributed by atoms with Gasteiger partial charge in [-0.25, -0.2) is 23.5 Å². The van der Waals surface area contributed by atoms with Gasteiger partial charge in [0.1, 0.15) is 11.4 Å². The van der Waals surface area contributed by atoms with Crippen LogP contribution in [0.5, 0.6) is 0 Å². The molecular formula is C22H22FN5O3. The van der Waals surface area contributed by atoms with Gasteiger partial charge in [-0.2, -0.15) is 0 Å². The van der Waals surface area contributed by atoms with E-state index in [-0.39, 0.29) is 17.6 Å². The molecule has 2 N–H and O–H groups in total. The van der Waals surface area contributed by atoms with Crippen LogP contribution >= 0.6 is 0 Å². The minimum absolute atomic E-state index is 0.0274. The Bertz CT molecular complexity index is 1230. The largest absolute Gasteiger partial charge is 0.479 e. The van der Waals surface area contributed by atoms with Crippen LogP contribution in [0.15, 0.2) is 36.7 Å². The van der Waals surface area contributed by atoms with Gasteiger partial charge in [-0.05, 0) is 55.5 Å². The van der Waals surface area contributed by atoms with E-state index in [4.69, 9.17) is 0 Å². The van der Waals surface area contributed by atoms with Crippen LogP contribution in [0.1, 0.15) is 31.7 Å². The summed E-state index contributed by atoms with van der Waals surface area (Å²) in [7, 11) is 0. The number of hydrogen-bond donors (Lipinski definition) is 2. The number of nitrogens with zero attached hydrogens (tertiary/aromatic N) is 4. The van der Waals surface area contributed by atoms with Crippen molar-refractivity contribution in [3.05, 3.63) is 48.0 Å². The number of nitrogens with one attached hydrogen (secondary N) is 1. The van der Waals surface area contributed by atoms with Gasteiger partial charge in [-0.15, -0.1) is 5.10 Å². The fourth-order valence-corrected chi connectivity index (χ4v) is 5.09. The lowest BCUT2D eigenvalue weighted by Gasteiger charge is -2.60. The summed E-state index contributed by atoms with van der Waals surface area (Å²) < 4.78 is 16.4. The first-order valence-electron chi connectivity index (χ1n) is 10.2. The van der Waals surface area contributed by atoms with Crippen molar-refractivity contribution < 1.29 is 19.1 Å². The van der Waals surface area contributed by atoms with Gasteiger partial charge in [0.05, 0.1) is 17.4 Å². The Balaban J connectivity index is 1.46. The molecule has 9 heteroatoms. The molecule has 5 rings (SSSR count). The minimum Gasteiger partial charge on any atom is -0.479 e. The number of rotatable bonds is 3. The molecule has 4 heterocycles. The summed E-state index contributed by atoms with van der Waals surface area (Å²) in [6.07, 6.45) is 5.04. The number of aryl methyl sites for hydroxylation is 1. The molecule has 2 amide bonds. The molecule has 8 nitrogen and oxygen atoms in total. The van der Waals surface area contributed by atoms with E-state index < -0.39 is 23.4 Å². The molecule has 0 radical (unpaired) electrons. The zero-order valence-corrected chi connectivity index (χ0v) is 17.2. The first kappa shape index (κ1) is 19.5. The summed E-state index contributed by atoms with van der Waals surface area (Å²) in [5.74, 6) is -0.986. The number of aromatic nitrogens is 3. The Morgan fingerprint density at radius 3 is 2.90 bits per heavy atom. The predicted molar refractivity (Wildman–Crippen MR) is 111 cm³/mol. The number of benzene rings is 1. The third-order valence-corrected chi connectivity index (χ3v) is 6.45. The smallest absolute Gasteiger partial charge is 0.329 e. The Morgan fingerprint density at radius 1 is 1.32 bits per heavy atom. The van der Waals surface area contributed by atoms with Gasteiger partial charge < -0.3 is 15.3 Å². The number of halogens is 1. The van der Waals surface area contributed by atoms with Gasteiger partial charge in [-0.3, -0.25) is 0 Å². The number of aliphatic carboxylic acids is 1. The minimum atomic E-state index is -1.21. The van der Waals surface area contributed by atoms with Gasteiger partial charge in [0.15, 0.2) is 5.82 Å². The molecule has 31 heavy (non-hydrogen) atoms. The Labute approximate surface area is 177 Å². The molecule has 2 fully saturated rings. The van der Waals surface area contributed by atoms with Crippen LogP contribution in [0.4, 0.5) is 14.9 Å². The second kappa shape index (κ2) is 6.76. The first-order valence-corrected chi connectivity index (χ1v) is 10.2. The zero-order valence-electron chi connectivity index (χ0n) is 17.2. The molecular weight excluding hydrogens is 401 g/mol. The summed E-state index contributed by atoms with van der Waals surface area (Å²) in [6, 6.07) is 5.79. The molecule has 1 aromatic carbocycles. The number of fused-ring (bicyclic) bond motifs is 3. The molecule has 2 aromatic heterocycles. The number of piperidine rings is 1. The second-order valence-corrected chi connectivity index (χ2v) is 8.65. The summed E-state index contributed by atoms with van der Waals surface area (Å²) in [4.78, 5) is 30.7. The van der Waals surface area contributed by atoms with E-state index >= 15 is 0 Å². The van der Waals surface area contributed by atoms with Gasteiger partial charge in [0.25, 0.3) is 0 Å². The predicted octanol–water partition coefficient (Wildman–Crippen LogP) is 3.70. The number of carbonyl (C=O) groups excluding carboxylic acids is 1. The van der Waals surface area contributed by atoms with Crippen molar-refractivity contribution in [1.82, 2.24) is 19.5 Å². The van der Waals surface area contributed by atoms with E-state index in [0.29, 0.717) is 29.8 Å². The molecule has 160 valence electrons. The van der Waals surface area contributed by atoms with E-state index in [2.05, 4.69) is 15.4 Å². The maximum atomic E-state index is 14.7. The van der Waals surface area contributed by atoms with Crippen molar-refractivity contribution in [1.29, 1.82) is 0 Å². The van der Waals surface area contributed by atoms with E-state index in [1.165, 1.54) is 17.0 Å². The number of anilines is 1. The normalized spacial score (nSPS) is 24.7. The van der Waals surface area contributed by atoms with E-state index in [1.807, 2.05) is 19.1 Å². The average Bonchev–Trinajstić information content (AvgIpc) is 3.17. The van der Waals surface area contributed by atoms with Crippen LogP contribution in [0.2, 0.25) is 0 Å². The highest BCUT2D eigenvalue weighted by Crippen LogP contribution is 2.50. The molecule has 0 spiro atoms. The zero-order chi connectivity index (χ0) is 21.9. The lowest BCUT2D eigenvalue weighted by molar-refractivity contribution is -0.173. The third kappa shape index (κ3) is 2.95. The average molecular weight is 423 g/mol. The molecule has 2 saturated heterocycles. The Hall–Kier alpha value is -3.49. The fraction of sp³-hybridized carbons (Fsp3) is 0.364. The Kier molecular flexibility index (Phi) is 4.25. The number of amides is 2. The van der Waals surface area contributed by atoms with Gasteiger partial charge in [0.2, 0.25) is 0 Å². The fourth-order valence-electron chi connectivity index (χ4n) is 5.09. The SMILES string of the molecule is Cc1cc(F)c(NC(=O)N2C3CC(C)CC2(C(=O)O)C3)cc1-c1ncc2cccn2n1. The number of carboxylic acid groups (broad SMARTS) is 1. The van der Waals surface area contributed by atoms with Crippen molar-refractivity contribution >= 4 is 23.2 Å². The molecule has 2 aliphatic heterocycles. The van der Waals surface area contributed by atoms with Crippen LogP contribution in [0.25, 0.3) is 16.9 Å². The van der Waals surface area contributed by atoms with Crippen molar-refractivity contribution in [3.8, 4) is 11.4 Å². The quantitative estimate of drug-likeness (QED) is 0.669. The number of carbonyl (C=O) groups is 2. The summed E-state index contributed by atoms with van der Waals surface area (Å²) in [5, 5.41) is 16.8. The number of urea groups is 1. The Morgan fingerprint density at radius 2 is 2.13 bits per heavy atom. The molecule has 2 aliphatic rings. The van der Waals surface area contributed by atoms with E-state index in [0.717, 1.165) is 11.9 Å². The van der Waals surface area contributed by atoms with Gasteiger partial charge in [0, 0.05) is 24.2 Å². The molecule has 3 unspecified atom stereocenters. The van der Waals surface area contributed by atoms with Crippen LogP contribution in [0, 0.1) is 18.7 Å². The summed E-state index contributed by atoms with van der Waals surface area (Å²) in [5.41, 5.74) is 0.796. The van der Waals surface area contributed by atoms with Crippen molar-refractivity contribution in [2.75, 3.05) is 5.32 Å². The maximum absolute atomic E-state index is 14.7. The first-order chi connectivity index (χ1) is 14.8. The molecule has 0 saturated carbocycles. The number of hydrogen-bond acceptors (Lipinski definition) is 4. The lowest BCUT2D eigenvalue weighted by Crippen LogP contribution is -2.75. The molecule has 3 aromatic rings. The molecule has 3 atom stereocenters. The standard InChI is InChI=1S/C22H22FN5O3/c1-12-6-15-10-22(9-12,20(29)30)28(15)21(31)25-18-8-16(13(2)7-17(18)23)19-24-11-14-4-3-5-27(14)26-19/h3-5,7-8,11-12,15H,6,9-10H2,1-2H3,(H,25,31)(H,29,30). The third-order valence-electron chi connectivity index (χ3n) is 6.45. The lowest BCUT2D eigenvalue weighted by atomic mass is 9.64. The van der Waals surface area contributed by atoms with E-state index in [9.17, 15) is 19.1 Å².